The molecule has 0 saturated carbocycles. The number of likely N-dealkylation sites (N-methyl/N-ethyl adjacent to an activating group) is 1. The number of rotatable bonds is 1. The minimum atomic E-state index is -2.94. The summed E-state index contributed by atoms with van der Waals surface area (Å²) in [5.74, 6) is 0.0483. The van der Waals surface area contributed by atoms with Crippen molar-refractivity contribution in [2.24, 2.45) is 0 Å². The first-order valence-corrected chi connectivity index (χ1v) is 5.05. The predicted molar refractivity (Wildman–Crippen MR) is 36.3 cm³/mol. The lowest BCUT2D eigenvalue weighted by molar-refractivity contribution is -0.664. The average Bonchev–Trinajstić information content (AvgIpc) is 2.05. The first kappa shape index (κ1) is 7.97. The molecule has 1 rings (SSSR count). The van der Waals surface area contributed by atoms with Crippen molar-refractivity contribution >= 4 is 9.84 Å². The van der Waals surface area contributed by atoms with E-state index in [-0.39, 0.29) is 17.5 Å². The Morgan fingerprint density at radius 2 is 2.10 bits per heavy atom. The lowest BCUT2D eigenvalue weighted by atomic mass is 10.2. The van der Waals surface area contributed by atoms with Gasteiger partial charge in [0.2, 0.25) is 0 Å². The Balaban J connectivity index is 2.71. The summed E-state index contributed by atoms with van der Waals surface area (Å²) in [6, 6.07) is -0.148. The zero-order valence-electron chi connectivity index (χ0n) is 5.82. The quantitative estimate of drug-likeness (QED) is 0.446. The molecule has 0 aliphatic carbocycles. The fraction of sp³-hybridized carbons (Fsp3) is 1.00. The Hall–Kier alpha value is -0.130. The van der Waals surface area contributed by atoms with Gasteiger partial charge in [-0.2, -0.15) is 0 Å². The number of sulfone groups is 1. The molecule has 0 amide bonds. The third-order valence-electron chi connectivity index (χ3n) is 1.79. The first-order chi connectivity index (χ1) is 4.55. The Morgan fingerprint density at radius 3 is 2.30 bits per heavy atom. The molecule has 3 N–H and O–H groups in total. The van der Waals surface area contributed by atoms with Gasteiger partial charge in [0.15, 0.2) is 9.84 Å². The average molecular weight is 166 g/mol. The smallest absolute Gasteiger partial charge is 0.159 e. The normalized spacial score (nSPS) is 38.2. The monoisotopic (exact) mass is 166 g/mol. The molecular formula is C5H12NO3S+. The van der Waals surface area contributed by atoms with Crippen LogP contribution in [0.3, 0.4) is 0 Å². The summed E-state index contributed by atoms with van der Waals surface area (Å²) in [6.45, 7) is 0. The fourth-order valence-corrected chi connectivity index (χ4v) is 3.08. The van der Waals surface area contributed by atoms with E-state index in [9.17, 15) is 8.42 Å². The summed E-state index contributed by atoms with van der Waals surface area (Å²) in [6.07, 6.45) is -0.671. The van der Waals surface area contributed by atoms with Crippen molar-refractivity contribution in [3.8, 4) is 0 Å². The second-order valence-corrected chi connectivity index (χ2v) is 4.80. The van der Waals surface area contributed by atoms with Crippen molar-refractivity contribution in [2.75, 3.05) is 18.6 Å². The molecule has 5 heteroatoms. The topological polar surface area (TPSA) is 71.0 Å². The highest BCUT2D eigenvalue weighted by Gasteiger charge is 2.38. The van der Waals surface area contributed by atoms with Crippen LogP contribution in [0.5, 0.6) is 0 Å². The van der Waals surface area contributed by atoms with Crippen LogP contribution >= 0.6 is 0 Å². The first-order valence-electron chi connectivity index (χ1n) is 3.23. The summed E-state index contributed by atoms with van der Waals surface area (Å²) in [5.41, 5.74) is 0. The van der Waals surface area contributed by atoms with E-state index in [0.717, 1.165) is 0 Å². The maximum absolute atomic E-state index is 10.8. The van der Waals surface area contributed by atoms with Crippen molar-refractivity contribution < 1.29 is 18.8 Å². The van der Waals surface area contributed by atoms with Crippen LogP contribution in [0.4, 0.5) is 0 Å². The number of nitrogens with two attached hydrogens (primary N) is 1. The molecule has 2 atom stereocenters. The summed E-state index contributed by atoms with van der Waals surface area (Å²) in [4.78, 5) is 0. The summed E-state index contributed by atoms with van der Waals surface area (Å²) in [5, 5.41) is 10.9. The lowest BCUT2D eigenvalue weighted by Crippen LogP contribution is -2.89. The third-order valence-corrected chi connectivity index (χ3v) is 3.54. The molecule has 10 heavy (non-hydrogen) atoms. The van der Waals surface area contributed by atoms with Gasteiger partial charge < -0.3 is 10.4 Å². The Morgan fingerprint density at radius 1 is 1.50 bits per heavy atom. The van der Waals surface area contributed by atoms with Crippen LogP contribution in [0.15, 0.2) is 0 Å². The van der Waals surface area contributed by atoms with Crippen LogP contribution in [0.2, 0.25) is 0 Å². The molecule has 0 aromatic heterocycles. The highest BCUT2D eigenvalue weighted by Crippen LogP contribution is 2.08. The van der Waals surface area contributed by atoms with E-state index >= 15 is 0 Å². The van der Waals surface area contributed by atoms with E-state index in [1.807, 2.05) is 0 Å². The molecule has 1 saturated heterocycles. The van der Waals surface area contributed by atoms with Crippen molar-refractivity contribution in [1.29, 1.82) is 0 Å². The summed E-state index contributed by atoms with van der Waals surface area (Å²) >= 11 is 0. The number of quaternary nitrogens is 1. The van der Waals surface area contributed by atoms with Crippen LogP contribution in [0.25, 0.3) is 0 Å². The van der Waals surface area contributed by atoms with Crippen LogP contribution in [0.1, 0.15) is 0 Å². The SMILES string of the molecule is C[NH2+][C@@H]1CS(=O)(=O)C[C@H]1O. The molecule has 4 nitrogen and oxygen atoms in total. The minimum absolute atomic E-state index is 0.0675. The van der Waals surface area contributed by atoms with Gasteiger partial charge in [-0.1, -0.05) is 0 Å². The van der Waals surface area contributed by atoms with Gasteiger partial charge in [-0.3, -0.25) is 0 Å². The molecule has 1 fully saturated rings. The van der Waals surface area contributed by atoms with Gasteiger partial charge in [0.1, 0.15) is 17.9 Å². The van der Waals surface area contributed by atoms with Gasteiger partial charge >= 0.3 is 0 Å². The Labute approximate surface area is 60.2 Å². The number of hydrogen-bond acceptors (Lipinski definition) is 3. The van der Waals surface area contributed by atoms with Gasteiger partial charge in [0.05, 0.1) is 12.8 Å². The fourth-order valence-electron chi connectivity index (χ4n) is 1.17. The molecule has 1 heterocycles. The maximum Gasteiger partial charge on any atom is 0.159 e. The van der Waals surface area contributed by atoms with Gasteiger partial charge in [-0.05, 0) is 0 Å². The number of hydrogen-bond donors (Lipinski definition) is 2. The van der Waals surface area contributed by atoms with Crippen molar-refractivity contribution in [2.45, 2.75) is 12.1 Å². The Bertz CT molecular complexity index is 211. The van der Waals surface area contributed by atoms with E-state index in [1.165, 1.54) is 0 Å². The van der Waals surface area contributed by atoms with Crippen LogP contribution in [0, 0.1) is 0 Å². The second-order valence-electron chi connectivity index (χ2n) is 2.64. The molecule has 0 aromatic rings. The molecule has 1 aliphatic rings. The highest BCUT2D eigenvalue weighted by atomic mass is 32.2. The zero-order chi connectivity index (χ0) is 7.78. The van der Waals surface area contributed by atoms with E-state index in [4.69, 9.17) is 5.11 Å². The van der Waals surface area contributed by atoms with Crippen LogP contribution in [-0.2, 0) is 9.84 Å². The molecule has 0 spiro atoms. The highest BCUT2D eigenvalue weighted by molar-refractivity contribution is 7.91. The molecule has 0 unspecified atom stereocenters. The third kappa shape index (κ3) is 1.47. The summed E-state index contributed by atoms with van der Waals surface area (Å²) < 4.78 is 21.7. The standard InChI is InChI=1S/C5H11NO3S/c1-6-4-2-10(8,9)3-5(4)7/h4-7H,2-3H2,1H3/p+1/t4-,5-/m1/s1. The van der Waals surface area contributed by atoms with Crippen LogP contribution in [-0.4, -0.2) is 44.2 Å². The van der Waals surface area contributed by atoms with Gasteiger partial charge in [-0.25, -0.2) is 8.42 Å². The van der Waals surface area contributed by atoms with E-state index in [0.29, 0.717) is 0 Å². The molecule has 60 valence electrons. The number of aliphatic hydroxyl groups is 1. The largest absolute Gasteiger partial charge is 0.386 e. The number of aliphatic hydroxyl groups excluding tert-OH is 1. The van der Waals surface area contributed by atoms with Crippen molar-refractivity contribution in [1.82, 2.24) is 0 Å². The van der Waals surface area contributed by atoms with E-state index < -0.39 is 15.9 Å². The van der Waals surface area contributed by atoms with Crippen molar-refractivity contribution in [3.05, 3.63) is 0 Å². The van der Waals surface area contributed by atoms with E-state index in [1.54, 1.807) is 12.4 Å². The zero-order valence-corrected chi connectivity index (χ0v) is 6.63. The van der Waals surface area contributed by atoms with Crippen molar-refractivity contribution in [3.63, 3.8) is 0 Å². The summed E-state index contributed by atoms with van der Waals surface area (Å²) in [7, 11) is -1.17. The van der Waals surface area contributed by atoms with Gasteiger partial charge in [0, 0.05) is 0 Å². The van der Waals surface area contributed by atoms with Gasteiger partial charge in [-0.15, -0.1) is 0 Å². The van der Waals surface area contributed by atoms with E-state index in [2.05, 4.69) is 0 Å². The molecule has 1 aliphatic heterocycles. The molecular weight excluding hydrogens is 154 g/mol. The second kappa shape index (κ2) is 2.48. The molecule has 0 aromatic carbocycles. The lowest BCUT2D eigenvalue weighted by Gasteiger charge is -2.05. The molecule has 0 radical (unpaired) electrons. The Kier molecular flexibility index (Phi) is 1.98. The molecule has 0 bridgehead atoms. The minimum Gasteiger partial charge on any atom is -0.386 e. The van der Waals surface area contributed by atoms with Crippen LogP contribution < -0.4 is 5.32 Å². The predicted octanol–water partition coefficient (Wildman–Crippen LogP) is -2.66. The maximum atomic E-state index is 10.8. The van der Waals surface area contributed by atoms with Gasteiger partial charge in [0.25, 0.3) is 0 Å².